The number of nitrogens with zero attached hydrogens (tertiary/aromatic N) is 2. The van der Waals surface area contributed by atoms with Gasteiger partial charge in [-0.1, -0.05) is 11.8 Å². The minimum absolute atomic E-state index is 0. The molecular formula is C17H22ClN3O3S. The van der Waals surface area contributed by atoms with Crippen molar-refractivity contribution in [3.63, 3.8) is 0 Å². The summed E-state index contributed by atoms with van der Waals surface area (Å²) in [6.07, 6.45) is 3.43. The minimum Gasteiger partial charge on any atom is -0.490 e. The Bertz CT molecular complexity index is 663. The number of thioether (sulfide) groups is 1. The van der Waals surface area contributed by atoms with Crippen LogP contribution in [0.15, 0.2) is 28.3 Å². The van der Waals surface area contributed by atoms with Gasteiger partial charge in [0.25, 0.3) is 0 Å². The van der Waals surface area contributed by atoms with Crippen molar-refractivity contribution in [3.8, 4) is 11.5 Å². The molecule has 1 N–H and O–H groups in total. The summed E-state index contributed by atoms with van der Waals surface area (Å²) in [5, 5.41) is 5.34. The zero-order chi connectivity index (χ0) is 16.2. The molecule has 6 nitrogen and oxygen atoms in total. The smallest absolute Gasteiger partial charge is 0.177 e. The van der Waals surface area contributed by atoms with E-state index < -0.39 is 0 Å². The second-order valence-corrected chi connectivity index (χ2v) is 6.92. The Hall–Kier alpha value is -1.44. The molecule has 3 aliphatic rings. The van der Waals surface area contributed by atoms with E-state index in [1.165, 1.54) is 0 Å². The van der Waals surface area contributed by atoms with Crippen LogP contribution >= 0.6 is 24.2 Å². The number of hydrogen-bond acceptors (Lipinski definition) is 6. The SMILES string of the molecule is Cl.c1cc2c(cc1C1=NNC(=NCC3CCCO3)SC1)OCCCO2. The molecule has 8 heteroatoms. The van der Waals surface area contributed by atoms with Crippen LogP contribution in [0.3, 0.4) is 0 Å². The van der Waals surface area contributed by atoms with Crippen molar-refractivity contribution in [1.82, 2.24) is 5.43 Å². The van der Waals surface area contributed by atoms with Gasteiger partial charge in [-0.2, -0.15) is 5.10 Å². The summed E-state index contributed by atoms with van der Waals surface area (Å²) in [6.45, 7) is 2.97. The maximum atomic E-state index is 5.75. The highest BCUT2D eigenvalue weighted by molar-refractivity contribution is 8.14. The van der Waals surface area contributed by atoms with Gasteiger partial charge in [0.05, 0.1) is 31.6 Å². The molecule has 3 aliphatic heterocycles. The van der Waals surface area contributed by atoms with E-state index in [0.717, 1.165) is 59.6 Å². The van der Waals surface area contributed by atoms with E-state index in [0.29, 0.717) is 19.8 Å². The Kier molecular flexibility index (Phi) is 6.45. The van der Waals surface area contributed by atoms with Crippen LogP contribution in [0.2, 0.25) is 0 Å². The Labute approximate surface area is 157 Å². The van der Waals surface area contributed by atoms with Gasteiger partial charge in [-0.25, -0.2) is 0 Å². The predicted molar refractivity (Wildman–Crippen MR) is 103 cm³/mol. The van der Waals surface area contributed by atoms with Gasteiger partial charge in [-0.15, -0.1) is 12.4 Å². The fraction of sp³-hybridized carbons (Fsp3) is 0.529. The van der Waals surface area contributed by atoms with E-state index in [9.17, 15) is 0 Å². The summed E-state index contributed by atoms with van der Waals surface area (Å²) in [6, 6.07) is 6.00. The predicted octanol–water partition coefficient (Wildman–Crippen LogP) is 2.85. The number of halogens is 1. The lowest BCUT2D eigenvalue weighted by molar-refractivity contribution is 0.118. The fourth-order valence-electron chi connectivity index (χ4n) is 2.86. The first-order chi connectivity index (χ1) is 11.9. The summed E-state index contributed by atoms with van der Waals surface area (Å²) in [4.78, 5) is 4.57. The maximum absolute atomic E-state index is 5.75. The van der Waals surface area contributed by atoms with Crippen molar-refractivity contribution in [1.29, 1.82) is 0 Å². The van der Waals surface area contributed by atoms with Crippen LogP contribution in [0, 0.1) is 0 Å². The number of amidine groups is 1. The minimum atomic E-state index is 0. The molecule has 1 atom stereocenters. The number of hydrogen-bond donors (Lipinski definition) is 1. The van der Waals surface area contributed by atoms with Crippen LogP contribution in [0.25, 0.3) is 0 Å². The van der Waals surface area contributed by atoms with Gasteiger partial charge in [0.1, 0.15) is 0 Å². The second-order valence-electron chi connectivity index (χ2n) is 5.95. The summed E-state index contributed by atoms with van der Waals surface area (Å²) in [5.74, 6) is 2.40. The molecule has 0 bridgehead atoms. The molecule has 1 aromatic rings. The zero-order valence-corrected chi connectivity index (χ0v) is 15.5. The molecular weight excluding hydrogens is 362 g/mol. The van der Waals surface area contributed by atoms with Gasteiger partial charge in [-0.05, 0) is 31.0 Å². The number of hydrazone groups is 1. The van der Waals surface area contributed by atoms with Gasteiger partial charge < -0.3 is 14.2 Å². The van der Waals surface area contributed by atoms with E-state index >= 15 is 0 Å². The molecule has 3 heterocycles. The van der Waals surface area contributed by atoms with E-state index in [-0.39, 0.29) is 18.5 Å². The lowest BCUT2D eigenvalue weighted by Gasteiger charge is -2.16. The first-order valence-corrected chi connectivity index (χ1v) is 9.38. The topological polar surface area (TPSA) is 64.4 Å². The maximum Gasteiger partial charge on any atom is 0.177 e. The first-order valence-electron chi connectivity index (χ1n) is 8.40. The molecule has 25 heavy (non-hydrogen) atoms. The number of benzene rings is 1. The third-order valence-electron chi connectivity index (χ3n) is 4.18. The van der Waals surface area contributed by atoms with Crippen molar-refractivity contribution >= 4 is 35.0 Å². The largest absolute Gasteiger partial charge is 0.490 e. The number of rotatable bonds is 3. The number of fused-ring (bicyclic) bond motifs is 1. The zero-order valence-electron chi connectivity index (χ0n) is 13.9. The lowest BCUT2D eigenvalue weighted by atomic mass is 10.1. The van der Waals surface area contributed by atoms with Gasteiger partial charge >= 0.3 is 0 Å². The first kappa shape index (κ1) is 18.4. The molecule has 0 radical (unpaired) electrons. The molecule has 0 saturated carbocycles. The van der Waals surface area contributed by atoms with Crippen LogP contribution in [0.4, 0.5) is 0 Å². The molecule has 0 aromatic heterocycles. The van der Waals surface area contributed by atoms with Gasteiger partial charge in [0, 0.05) is 24.3 Å². The third-order valence-corrected chi connectivity index (χ3v) is 5.09. The normalized spacial score (nSPS) is 24.1. The van der Waals surface area contributed by atoms with Gasteiger partial charge in [0.15, 0.2) is 16.7 Å². The van der Waals surface area contributed by atoms with Crippen molar-refractivity contribution < 1.29 is 14.2 Å². The van der Waals surface area contributed by atoms with Crippen LogP contribution in [0.1, 0.15) is 24.8 Å². The molecule has 1 aromatic carbocycles. The molecule has 1 unspecified atom stereocenters. The van der Waals surface area contributed by atoms with Crippen LogP contribution in [-0.4, -0.2) is 49.1 Å². The molecule has 1 saturated heterocycles. The quantitative estimate of drug-likeness (QED) is 0.869. The van der Waals surface area contributed by atoms with E-state index in [1.54, 1.807) is 11.8 Å². The fourth-order valence-corrected chi connectivity index (χ4v) is 3.64. The Morgan fingerprint density at radius 1 is 1.16 bits per heavy atom. The monoisotopic (exact) mass is 383 g/mol. The summed E-state index contributed by atoms with van der Waals surface area (Å²) >= 11 is 1.67. The highest BCUT2D eigenvalue weighted by atomic mass is 35.5. The average Bonchev–Trinajstić information content (AvgIpc) is 3.04. The van der Waals surface area contributed by atoms with E-state index in [1.807, 2.05) is 18.2 Å². The standard InChI is InChI=1S/C17H21N3O3S.ClH/c1-3-13(21-6-1)10-18-17-20-19-14(11-24-17)12-4-5-15-16(9-12)23-8-2-7-22-15;/h4-5,9,13H,1-3,6-8,10-11H2,(H,18,20);1H. The molecule has 136 valence electrons. The number of aliphatic imine (C=N–C) groups is 1. The van der Waals surface area contributed by atoms with Crippen LogP contribution < -0.4 is 14.9 Å². The Balaban J connectivity index is 0.00000182. The average molecular weight is 384 g/mol. The van der Waals surface area contributed by atoms with Crippen LogP contribution in [0.5, 0.6) is 11.5 Å². The number of ether oxygens (including phenoxy) is 3. The number of nitrogens with one attached hydrogen (secondary N) is 1. The molecule has 1 fully saturated rings. The summed E-state index contributed by atoms with van der Waals surface area (Å²) < 4.78 is 17.0. The highest BCUT2D eigenvalue weighted by Gasteiger charge is 2.18. The van der Waals surface area contributed by atoms with Gasteiger partial charge in [0.2, 0.25) is 0 Å². The Morgan fingerprint density at radius 2 is 2.04 bits per heavy atom. The second kappa shape index (κ2) is 8.78. The van der Waals surface area contributed by atoms with Crippen molar-refractivity contribution in [3.05, 3.63) is 23.8 Å². The summed E-state index contributed by atoms with van der Waals surface area (Å²) in [5.41, 5.74) is 5.10. The molecule has 4 rings (SSSR count). The van der Waals surface area contributed by atoms with E-state index in [4.69, 9.17) is 14.2 Å². The summed E-state index contributed by atoms with van der Waals surface area (Å²) in [7, 11) is 0. The Morgan fingerprint density at radius 3 is 2.80 bits per heavy atom. The van der Waals surface area contributed by atoms with Crippen molar-refractivity contribution in [2.45, 2.75) is 25.4 Å². The van der Waals surface area contributed by atoms with Crippen molar-refractivity contribution in [2.75, 3.05) is 32.1 Å². The lowest BCUT2D eigenvalue weighted by Crippen LogP contribution is -2.26. The molecule has 0 spiro atoms. The molecule has 0 aliphatic carbocycles. The molecule has 0 amide bonds. The van der Waals surface area contributed by atoms with Crippen LogP contribution in [-0.2, 0) is 4.74 Å². The third kappa shape index (κ3) is 4.59. The highest BCUT2D eigenvalue weighted by Crippen LogP contribution is 2.31. The van der Waals surface area contributed by atoms with Gasteiger partial charge in [-0.3, -0.25) is 10.4 Å². The van der Waals surface area contributed by atoms with Crippen molar-refractivity contribution in [2.24, 2.45) is 10.1 Å². The van der Waals surface area contributed by atoms with E-state index in [2.05, 4.69) is 15.5 Å².